The van der Waals surface area contributed by atoms with Crippen LogP contribution in [0.1, 0.15) is 42.5 Å². The van der Waals surface area contributed by atoms with Crippen LogP contribution >= 0.6 is 11.6 Å². The van der Waals surface area contributed by atoms with Crippen molar-refractivity contribution in [1.82, 2.24) is 9.97 Å². The maximum atomic E-state index is 12.3. The van der Waals surface area contributed by atoms with E-state index in [0.717, 1.165) is 19.4 Å². The standard InChI is InChI=1S/C17H21ClN4O/c1-3-4-5-9-19-16-11-15(20-12(2)21-16)17(23)22-14-8-6-7-13(18)10-14/h6-8,10-11H,3-5,9H2,1-2H3,(H,22,23)(H,19,20,21). The van der Waals surface area contributed by atoms with Crippen molar-refractivity contribution in [2.45, 2.75) is 33.1 Å². The molecule has 1 amide bonds. The van der Waals surface area contributed by atoms with Crippen molar-refractivity contribution in [1.29, 1.82) is 0 Å². The van der Waals surface area contributed by atoms with Gasteiger partial charge in [0.05, 0.1) is 0 Å². The van der Waals surface area contributed by atoms with Crippen molar-refractivity contribution in [2.75, 3.05) is 17.2 Å². The summed E-state index contributed by atoms with van der Waals surface area (Å²) in [6.07, 6.45) is 3.40. The van der Waals surface area contributed by atoms with Crippen LogP contribution in [-0.2, 0) is 0 Å². The van der Waals surface area contributed by atoms with Crippen molar-refractivity contribution in [3.63, 3.8) is 0 Å². The largest absolute Gasteiger partial charge is 0.370 e. The van der Waals surface area contributed by atoms with E-state index in [1.165, 1.54) is 6.42 Å². The van der Waals surface area contributed by atoms with Gasteiger partial charge in [0.15, 0.2) is 0 Å². The van der Waals surface area contributed by atoms with Crippen molar-refractivity contribution in [2.24, 2.45) is 0 Å². The van der Waals surface area contributed by atoms with Gasteiger partial charge < -0.3 is 10.6 Å². The highest BCUT2D eigenvalue weighted by Gasteiger charge is 2.11. The Bertz CT molecular complexity index is 675. The second-order valence-corrected chi connectivity index (χ2v) is 5.72. The number of benzene rings is 1. The smallest absolute Gasteiger partial charge is 0.274 e. The summed E-state index contributed by atoms with van der Waals surface area (Å²) >= 11 is 5.92. The number of hydrogen-bond donors (Lipinski definition) is 2. The molecule has 0 atom stereocenters. The highest BCUT2D eigenvalue weighted by Crippen LogP contribution is 2.16. The molecule has 122 valence electrons. The SMILES string of the molecule is CCCCCNc1cc(C(=O)Nc2cccc(Cl)c2)nc(C)n1. The number of carbonyl (C=O) groups excluding carboxylic acids is 1. The maximum absolute atomic E-state index is 12.3. The minimum Gasteiger partial charge on any atom is -0.370 e. The summed E-state index contributed by atoms with van der Waals surface area (Å²) < 4.78 is 0. The van der Waals surface area contributed by atoms with E-state index in [2.05, 4.69) is 27.5 Å². The van der Waals surface area contributed by atoms with Gasteiger partial charge in [-0.3, -0.25) is 4.79 Å². The molecule has 1 aromatic carbocycles. The van der Waals surface area contributed by atoms with Crippen LogP contribution in [-0.4, -0.2) is 22.4 Å². The van der Waals surface area contributed by atoms with E-state index in [0.29, 0.717) is 28.0 Å². The highest BCUT2D eigenvalue weighted by atomic mass is 35.5. The molecule has 6 heteroatoms. The third-order valence-corrected chi connectivity index (χ3v) is 3.47. The summed E-state index contributed by atoms with van der Waals surface area (Å²) in [5.74, 6) is 0.945. The Kier molecular flexibility index (Phi) is 6.35. The predicted molar refractivity (Wildman–Crippen MR) is 94.2 cm³/mol. The fraction of sp³-hybridized carbons (Fsp3) is 0.353. The lowest BCUT2D eigenvalue weighted by molar-refractivity contribution is 0.102. The van der Waals surface area contributed by atoms with Crippen LogP contribution in [0.15, 0.2) is 30.3 Å². The zero-order chi connectivity index (χ0) is 16.7. The lowest BCUT2D eigenvalue weighted by Gasteiger charge is -2.09. The normalized spacial score (nSPS) is 10.4. The first-order valence-corrected chi connectivity index (χ1v) is 8.12. The Morgan fingerprint density at radius 2 is 2.04 bits per heavy atom. The van der Waals surface area contributed by atoms with Crippen LogP contribution in [0, 0.1) is 6.92 Å². The molecule has 0 fully saturated rings. The van der Waals surface area contributed by atoms with Crippen molar-refractivity contribution < 1.29 is 4.79 Å². The summed E-state index contributed by atoms with van der Waals surface area (Å²) in [5.41, 5.74) is 0.965. The van der Waals surface area contributed by atoms with E-state index in [1.54, 1.807) is 37.3 Å². The number of rotatable bonds is 7. The van der Waals surface area contributed by atoms with Crippen LogP contribution in [0.2, 0.25) is 5.02 Å². The van der Waals surface area contributed by atoms with Crippen molar-refractivity contribution in [3.05, 3.63) is 46.9 Å². The second kappa shape index (κ2) is 8.48. The molecular weight excluding hydrogens is 312 g/mol. The molecule has 0 spiro atoms. The number of carbonyl (C=O) groups is 1. The van der Waals surface area contributed by atoms with E-state index in [9.17, 15) is 4.79 Å². The van der Waals surface area contributed by atoms with Crippen molar-refractivity contribution in [3.8, 4) is 0 Å². The van der Waals surface area contributed by atoms with Gasteiger partial charge in [0.25, 0.3) is 5.91 Å². The first-order chi connectivity index (χ1) is 11.1. The first kappa shape index (κ1) is 17.2. The lowest BCUT2D eigenvalue weighted by Crippen LogP contribution is -2.16. The third-order valence-electron chi connectivity index (χ3n) is 3.24. The van der Waals surface area contributed by atoms with Crippen LogP contribution in [0.5, 0.6) is 0 Å². The Morgan fingerprint density at radius 3 is 2.78 bits per heavy atom. The van der Waals surface area contributed by atoms with Crippen LogP contribution in [0.3, 0.4) is 0 Å². The molecule has 0 radical (unpaired) electrons. The molecule has 2 rings (SSSR count). The minimum atomic E-state index is -0.283. The zero-order valence-corrected chi connectivity index (χ0v) is 14.2. The minimum absolute atomic E-state index is 0.283. The van der Waals surface area contributed by atoms with Gasteiger partial charge >= 0.3 is 0 Å². The molecule has 0 aliphatic rings. The van der Waals surface area contributed by atoms with Gasteiger partial charge in [-0.2, -0.15) is 0 Å². The predicted octanol–water partition coefficient (Wildman–Crippen LogP) is 4.29. The van der Waals surface area contributed by atoms with E-state index < -0.39 is 0 Å². The van der Waals surface area contributed by atoms with Crippen LogP contribution < -0.4 is 10.6 Å². The summed E-state index contributed by atoms with van der Waals surface area (Å²) in [6, 6.07) is 8.67. The zero-order valence-electron chi connectivity index (χ0n) is 13.4. The van der Waals surface area contributed by atoms with Crippen LogP contribution in [0.4, 0.5) is 11.5 Å². The Labute approximate surface area is 141 Å². The number of nitrogens with one attached hydrogen (secondary N) is 2. The van der Waals surface area contributed by atoms with Gasteiger partial charge in [0.2, 0.25) is 0 Å². The van der Waals surface area contributed by atoms with E-state index in [1.807, 2.05) is 0 Å². The number of halogens is 1. The van der Waals surface area contributed by atoms with Crippen LogP contribution in [0.25, 0.3) is 0 Å². The Balaban J connectivity index is 2.06. The molecule has 2 N–H and O–H groups in total. The molecule has 1 aromatic heterocycles. The molecule has 0 aliphatic carbocycles. The summed E-state index contributed by atoms with van der Waals surface area (Å²) in [6.45, 7) is 4.76. The lowest BCUT2D eigenvalue weighted by atomic mass is 10.2. The van der Waals surface area contributed by atoms with Gasteiger partial charge in [-0.1, -0.05) is 37.4 Å². The number of hydrogen-bond acceptors (Lipinski definition) is 4. The van der Waals surface area contributed by atoms with E-state index in [4.69, 9.17) is 11.6 Å². The second-order valence-electron chi connectivity index (χ2n) is 5.28. The number of anilines is 2. The van der Waals surface area contributed by atoms with E-state index in [-0.39, 0.29) is 5.91 Å². The molecule has 23 heavy (non-hydrogen) atoms. The quantitative estimate of drug-likeness (QED) is 0.742. The molecule has 0 bridgehead atoms. The summed E-state index contributed by atoms with van der Waals surface area (Å²) in [4.78, 5) is 20.8. The number of amides is 1. The number of aromatic nitrogens is 2. The van der Waals surface area contributed by atoms with Gasteiger partial charge in [-0.15, -0.1) is 0 Å². The third kappa shape index (κ3) is 5.53. The van der Waals surface area contributed by atoms with Gasteiger partial charge in [0.1, 0.15) is 17.3 Å². The number of unbranched alkanes of at least 4 members (excludes halogenated alkanes) is 2. The molecular formula is C17H21ClN4O. The average molecular weight is 333 g/mol. The summed E-state index contributed by atoms with van der Waals surface area (Å²) in [7, 11) is 0. The van der Waals surface area contributed by atoms with E-state index >= 15 is 0 Å². The molecule has 5 nitrogen and oxygen atoms in total. The molecule has 0 saturated heterocycles. The highest BCUT2D eigenvalue weighted by molar-refractivity contribution is 6.30. The fourth-order valence-electron chi connectivity index (χ4n) is 2.13. The Hall–Kier alpha value is -2.14. The first-order valence-electron chi connectivity index (χ1n) is 7.75. The van der Waals surface area contributed by atoms with Crippen molar-refractivity contribution >= 4 is 29.0 Å². The molecule has 2 aromatic rings. The van der Waals surface area contributed by atoms with Gasteiger partial charge in [-0.25, -0.2) is 9.97 Å². The monoisotopic (exact) mass is 332 g/mol. The fourth-order valence-corrected chi connectivity index (χ4v) is 2.32. The molecule has 0 saturated carbocycles. The molecule has 1 heterocycles. The van der Waals surface area contributed by atoms with Gasteiger partial charge in [0, 0.05) is 23.3 Å². The maximum Gasteiger partial charge on any atom is 0.274 e. The summed E-state index contributed by atoms with van der Waals surface area (Å²) in [5, 5.41) is 6.59. The number of nitrogens with zero attached hydrogens (tertiary/aromatic N) is 2. The molecule has 0 aliphatic heterocycles. The molecule has 0 unspecified atom stereocenters. The topological polar surface area (TPSA) is 66.9 Å². The Morgan fingerprint density at radius 1 is 1.22 bits per heavy atom. The van der Waals surface area contributed by atoms with Gasteiger partial charge in [-0.05, 0) is 31.5 Å². The average Bonchev–Trinajstić information content (AvgIpc) is 2.51. The number of aryl methyl sites for hydroxylation is 1.